The number of para-hydroxylation sites is 1. The molecule has 0 aliphatic carbocycles. The van der Waals surface area contributed by atoms with Gasteiger partial charge in [0.2, 0.25) is 0 Å². The second-order valence-electron chi connectivity index (χ2n) is 5.47. The van der Waals surface area contributed by atoms with Crippen LogP contribution in [0.25, 0.3) is 15.3 Å². The first kappa shape index (κ1) is 16.1. The first-order valence-corrected chi connectivity index (χ1v) is 9.19. The number of fused-ring (bicyclic) bond motifs is 1. The van der Waals surface area contributed by atoms with Gasteiger partial charge in [0.1, 0.15) is 0 Å². The quantitative estimate of drug-likeness (QED) is 0.226. The van der Waals surface area contributed by atoms with E-state index in [2.05, 4.69) is 0 Å². The van der Waals surface area contributed by atoms with Crippen LogP contribution in [0.15, 0.2) is 47.3 Å². The third-order valence-electron chi connectivity index (χ3n) is 3.48. The Morgan fingerprint density at radius 3 is 2.74 bits per heavy atom. The summed E-state index contributed by atoms with van der Waals surface area (Å²) in [7, 11) is 0. The summed E-state index contributed by atoms with van der Waals surface area (Å²) >= 11 is 5.84. The van der Waals surface area contributed by atoms with Crippen molar-refractivity contribution in [2.24, 2.45) is 0 Å². The molecule has 23 heavy (non-hydrogen) atoms. The Balaban J connectivity index is 2.22. The molecule has 118 valence electrons. The minimum absolute atomic E-state index is 0.0645. The molecule has 0 aliphatic rings. The predicted molar refractivity (Wildman–Crippen MR) is 95.4 cm³/mol. The van der Waals surface area contributed by atoms with E-state index in [1.165, 1.54) is 0 Å². The van der Waals surface area contributed by atoms with Crippen LogP contribution in [0.2, 0.25) is 5.02 Å². The molecule has 0 saturated heterocycles. The van der Waals surface area contributed by atoms with Crippen molar-refractivity contribution in [2.75, 3.05) is 0 Å². The van der Waals surface area contributed by atoms with Gasteiger partial charge in [-0.25, -0.2) is 0 Å². The summed E-state index contributed by atoms with van der Waals surface area (Å²) in [5.74, 6) is 0. The Bertz CT molecular complexity index is 957. The number of hydrogen-bond acceptors (Lipinski definition) is 2. The van der Waals surface area contributed by atoms with Crippen LogP contribution >= 0.6 is 11.6 Å². The predicted octanol–water partition coefficient (Wildman–Crippen LogP) is 3.04. The second-order valence-corrected chi connectivity index (χ2v) is 7.98. The zero-order chi connectivity index (χ0) is 16.6. The van der Waals surface area contributed by atoms with E-state index in [1.807, 2.05) is 44.2 Å². The molecule has 1 aromatic heterocycles. The Morgan fingerprint density at radius 2 is 2.00 bits per heavy atom. The first-order chi connectivity index (χ1) is 11.0. The van der Waals surface area contributed by atoms with Crippen LogP contribution < -0.4 is 5.56 Å². The van der Waals surface area contributed by atoms with Crippen LogP contribution in [0.1, 0.15) is 19.4 Å². The van der Waals surface area contributed by atoms with Crippen molar-refractivity contribution in [1.82, 2.24) is 3.56 Å². The SMILES string of the molecule is CC(C)[N+]([O-])=Cc1ccccc1-n1[se]c2ccc(Cl)cc2c1=O. The number of halogens is 1. The van der Waals surface area contributed by atoms with Crippen molar-refractivity contribution in [3.8, 4) is 5.69 Å². The Labute approximate surface area is 144 Å². The van der Waals surface area contributed by atoms with Gasteiger partial charge in [-0.2, -0.15) is 0 Å². The van der Waals surface area contributed by atoms with Crippen molar-refractivity contribution in [3.05, 3.63) is 68.6 Å². The van der Waals surface area contributed by atoms with Gasteiger partial charge in [0.25, 0.3) is 0 Å². The summed E-state index contributed by atoms with van der Waals surface area (Å²) < 4.78 is 3.65. The number of benzene rings is 2. The third-order valence-corrected chi connectivity index (χ3v) is 6.02. The van der Waals surface area contributed by atoms with E-state index in [0.29, 0.717) is 10.4 Å². The molecule has 0 radical (unpaired) electrons. The molecular weight excluding hydrogens is 379 g/mol. The van der Waals surface area contributed by atoms with Crippen LogP contribution in [-0.4, -0.2) is 35.3 Å². The van der Waals surface area contributed by atoms with E-state index in [0.717, 1.165) is 20.2 Å². The van der Waals surface area contributed by atoms with Crippen molar-refractivity contribution in [2.45, 2.75) is 19.9 Å². The molecule has 2 aromatic carbocycles. The van der Waals surface area contributed by atoms with Crippen LogP contribution in [0.5, 0.6) is 0 Å². The molecule has 3 rings (SSSR count). The van der Waals surface area contributed by atoms with Gasteiger partial charge in [0.05, 0.1) is 0 Å². The summed E-state index contributed by atoms with van der Waals surface area (Å²) in [4.78, 5) is 12.7. The summed E-state index contributed by atoms with van der Waals surface area (Å²) in [5, 5.41) is 13.2. The molecule has 0 aliphatic heterocycles. The molecular formula is C17H15ClN2O2Se. The van der Waals surface area contributed by atoms with Gasteiger partial charge in [-0.15, -0.1) is 0 Å². The van der Waals surface area contributed by atoms with E-state index in [9.17, 15) is 10.0 Å². The molecule has 0 spiro atoms. The number of rotatable bonds is 3. The van der Waals surface area contributed by atoms with E-state index in [-0.39, 0.29) is 26.3 Å². The molecule has 3 aromatic rings. The molecule has 0 fully saturated rings. The zero-order valence-electron chi connectivity index (χ0n) is 12.7. The van der Waals surface area contributed by atoms with Crippen molar-refractivity contribution in [1.29, 1.82) is 0 Å². The second kappa shape index (κ2) is 6.36. The molecule has 0 amide bonds. The number of aromatic nitrogens is 1. The molecule has 0 atom stereocenters. The maximum absolute atomic E-state index is 12.7. The standard InChI is InChI=1S/C17H15ClN2O2Se/c1-11(2)19(22)10-12-5-3-4-6-15(12)20-17(21)14-9-13(18)7-8-16(14)23-20/h3-11H,1-2H3. The van der Waals surface area contributed by atoms with Gasteiger partial charge >= 0.3 is 145 Å². The van der Waals surface area contributed by atoms with Crippen LogP contribution in [0.4, 0.5) is 0 Å². The van der Waals surface area contributed by atoms with E-state index < -0.39 is 0 Å². The van der Waals surface area contributed by atoms with E-state index in [4.69, 9.17) is 11.6 Å². The van der Waals surface area contributed by atoms with E-state index in [1.54, 1.807) is 21.9 Å². The Hall–Kier alpha value is -1.81. The molecule has 6 heteroatoms. The average molecular weight is 394 g/mol. The Morgan fingerprint density at radius 1 is 1.26 bits per heavy atom. The molecule has 0 unspecified atom stereocenters. The summed E-state index contributed by atoms with van der Waals surface area (Å²) in [5.41, 5.74) is 1.43. The fourth-order valence-electron chi connectivity index (χ4n) is 2.22. The molecule has 0 saturated carbocycles. The van der Waals surface area contributed by atoms with E-state index >= 15 is 0 Å². The fraction of sp³-hybridized carbons (Fsp3) is 0.176. The molecule has 0 N–H and O–H groups in total. The number of hydrogen-bond donors (Lipinski definition) is 0. The summed E-state index contributed by atoms with van der Waals surface area (Å²) in [6.45, 7) is 3.66. The number of nitrogens with zero attached hydrogens (tertiary/aromatic N) is 2. The number of hydroxylamine groups is 1. The third kappa shape index (κ3) is 3.13. The van der Waals surface area contributed by atoms with Crippen LogP contribution in [-0.2, 0) is 0 Å². The van der Waals surface area contributed by atoms with Gasteiger partial charge in [0, 0.05) is 0 Å². The Kier molecular flexibility index (Phi) is 4.44. The normalized spacial score (nSPS) is 12.3. The first-order valence-electron chi connectivity index (χ1n) is 7.18. The molecule has 1 heterocycles. The van der Waals surface area contributed by atoms with Crippen molar-refractivity contribution >= 4 is 42.2 Å². The summed E-state index contributed by atoms with van der Waals surface area (Å²) in [6, 6.07) is 12.7. The molecule has 0 bridgehead atoms. The minimum atomic E-state index is -0.160. The van der Waals surface area contributed by atoms with Gasteiger partial charge in [0.15, 0.2) is 0 Å². The van der Waals surface area contributed by atoms with Gasteiger partial charge in [-0.3, -0.25) is 0 Å². The van der Waals surface area contributed by atoms with Crippen LogP contribution in [0, 0.1) is 5.21 Å². The fourth-order valence-corrected chi connectivity index (χ4v) is 4.53. The van der Waals surface area contributed by atoms with Crippen LogP contribution in [0.3, 0.4) is 0 Å². The molecule has 4 nitrogen and oxygen atoms in total. The average Bonchev–Trinajstić information content (AvgIpc) is 2.84. The van der Waals surface area contributed by atoms with Gasteiger partial charge in [-0.05, 0) is 0 Å². The monoisotopic (exact) mass is 394 g/mol. The van der Waals surface area contributed by atoms with Gasteiger partial charge < -0.3 is 0 Å². The van der Waals surface area contributed by atoms with Crippen molar-refractivity contribution < 1.29 is 4.74 Å². The summed E-state index contributed by atoms with van der Waals surface area (Å²) in [6.07, 6.45) is 1.54. The maximum atomic E-state index is 12.7. The van der Waals surface area contributed by atoms with Gasteiger partial charge in [-0.1, -0.05) is 0 Å². The topological polar surface area (TPSA) is 48.1 Å². The van der Waals surface area contributed by atoms with Crippen molar-refractivity contribution in [3.63, 3.8) is 0 Å². The zero-order valence-corrected chi connectivity index (χ0v) is 15.2.